The Hall–Kier alpha value is -7.38. The fraction of sp³-hybridized carbons (Fsp3) is 0.304. The minimum Gasteiger partial charge on any atom is -0.457 e. The molecule has 0 spiro atoms. The quantitative estimate of drug-likeness (QED) is 0.132. The first-order valence-electron chi connectivity index (χ1n) is 20.8. The molecular formula is C46H44N10O6. The smallest absolute Gasteiger partial charge is 0.255 e. The number of likely N-dealkylation sites (tertiary alicyclic amines) is 1. The first kappa shape index (κ1) is 40.0. The van der Waals surface area contributed by atoms with Crippen molar-refractivity contribution in [3.05, 3.63) is 108 Å². The summed E-state index contributed by atoms with van der Waals surface area (Å²) in [6.45, 7) is 4.03. The van der Waals surface area contributed by atoms with E-state index in [1.54, 1.807) is 21.9 Å². The second-order valence-corrected chi connectivity index (χ2v) is 15.8. The molecule has 0 aliphatic carbocycles. The van der Waals surface area contributed by atoms with E-state index in [9.17, 15) is 24.0 Å². The highest BCUT2D eigenvalue weighted by Gasteiger charge is 2.39. The number of fused-ring (bicyclic) bond motifs is 2. The number of rotatable bonds is 8. The molecule has 3 aromatic carbocycles. The molecule has 3 N–H and O–H groups in total. The van der Waals surface area contributed by atoms with Crippen LogP contribution in [0.25, 0.3) is 22.3 Å². The third kappa shape index (κ3) is 8.35. The summed E-state index contributed by atoms with van der Waals surface area (Å²) < 4.78 is 7.82. The minimum absolute atomic E-state index is 0.165. The number of nitrogen functional groups attached to an aromatic ring is 1. The topological polar surface area (TPSA) is 189 Å². The first-order valence-corrected chi connectivity index (χ1v) is 20.8. The van der Waals surface area contributed by atoms with Crippen LogP contribution in [0.5, 0.6) is 11.5 Å². The molecule has 3 fully saturated rings. The average molecular weight is 833 g/mol. The summed E-state index contributed by atoms with van der Waals surface area (Å²) in [6.07, 6.45) is 6.20. The van der Waals surface area contributed by atoms with Crippen molar-refractivity contribution in [2.75, 3.05) is 51.5 Å². The summed E-state index contributed by atoms with van der Waals surface area (Å²) in [5.74, 6) is 6.71. The van der Waals surface area contributed by atoms with Crippen LogP contribution in [0.2, 0.25) is 0 Å². The number of hydrogen-bond donors (Lipinski definition) is 2. The number of anilines is 1. The Kier molecular flexibility index (Phi) is 11.2. The van der Waals surface area contributed by atoms with Crippen LogP contribution in [0, 0.1) is 11.8 Å². The summed E-state index contributed by atoms with van der Waals surface area (Å²) in [6, 6.07) is 21.8. The standard InChI is InChI=1S/C46H44N10O6/c47-43-41-42(31-11-13-35(14-12-31)62-34-8-2-1-3-9-34)51-56(44(41)49-29-48-43)33-7-5-21-54(28-33)40(59)19-18-39(58)53-24-22-52(23-25-53)20-4-6-30-10-15-36-32(26-30)27-55(46(36)61)37-16-17-38(57)50-45(37)60/h1-3,8-15,18-19,26,29,33,37H,5,7,16-17,20-25,27-28H2,(H2,47,48,49)(H,50,57,60)/b19-18+/t33-,37?/m1/s1. The number of imide groups is 1. The number of carbonyl (C=O) groups is 5. The highest BCUT2D eigenvalue weighted by atomic mass is 16.5. The van der Waals surface area contributed by atoms with Crippen LogP contribution in [0.15, 0.2) is 91.3 Å². The second-order valence-electron chi connectivity index (χ2n) is 15.8. The normalized spacial score (nSPS) is 19.4. The van der Waals surface area contributed by atoms with Gasteiger partial charge in [0.05, 0.1) is 18.0 Å². The Labute approximate surface area is 357 Å². The van der Waals surface area contributed by atoms with Gasteiger partial charge in [-0.25, -0.2) is 14.6 Å². The Balaban J connectivity index is 0.774. The van der Waals surface area contributed by atoms with E-state index in [1.807, 2.05) is 65.3 Å². The Morgan fingerprint density at radius 2 is 1.63 bits per heavy atom. The van der Waals surface area contributed by atoms with Crippen LogP contribution in [0.3, 0.4) is 0 Å². The molecule has 0 radical (unpaired) electrons. The maximum atomic E-state index is 13.5. The van der Waals surface area contributed by atoms with Gasteiger partial charge in [-0.05, 0) is 79.4 Å². The molecule has 1 unspecified atom stereocenters. The second kappa shape index (κ2) is 17.3. The lowest BCUT2D eigenvalue weighted by molar-refractivity contribution is -0.137. The van der Waals surface area contributed by atoms with Crippen LogP contribution >= 0.6 is 0 Å². The fourth-order valence-electron chi connectivity index (χ4n) is 8.50. The van der Waals surface area contributed by atoms with Gasteiger partial charge in [0.2, 0.25) is 23.6 Å². The Morgan fingerprint density at radius 1 is 0.871 bits per heavy atom. The molecule has 0 bridgehead atoms. The number of benzene rings is 3. The number of amides is 5. The van der Waals surface area contributed by atoms with Crippen LogP contribution in [-0.2, 0) is 25.7 Å². The van der Waals surface area contributed by atoms with Crippen LogP contribution in [0.1, 0.15) is 53.2 Å². The molecular weight excluding hydrogens is 789 g/mol. The zero-order valence-corrected chi connectivity index (χ0v) is 33.9. The molecule has 2 aromatic heterocycles. The van der Waals surface area contributed by atoms with Crippen molar-refractivity contribution in [1.29, 1.82) is 0 Å². The first-order chi connectivity index (χ1) is 30.2. The van der Waals surface area contributed by atoms with Crippen molar-refractivity contribution in [3.63, 3.8) is 0 Å². The van der Waals surface area contributed by atoms with E-state index in [1.165, 1.54) is 23.4 Å². The summed E-state index contributed by atoms with van der Waals surface area (Å²) >= 11 is 0. The monoisotopic (exact) mass is 832 g/mol. The van der Waals surface area contributed by atoms with E-state index in [0.717, 1.165) is 35.3 Å². The lowest BCUT2D eigenvalue weighted by Crippen LogP contribution is -2.52. The number of nitrogens with one attached hydrogen (secondary N) is 1. The minimum atomic E-state index is -0.661. The SMILES string of the molecule is Nc1ncnc2c1c(-c1ccc(Oc3ccccc3)cc1)nn2[C@@H]1CCCN(C(=O)/C=C/C(=O)N2CCN(CC#Cc3ccc4c(c3)CN(C3CCC(=O)NC3=O)C4=O)CC2)C1. The van der Waals surface area contributed by atoms with Crippen molar-refractivity contribution < 1.29 is 28.7 Å². The predicted octanol–water partition coefficient (Wildman–Crippen LogP) is 3.54. The van der Waals surface area contributed by atoms with Gasteiger partial charge in [-0.3, -0.25) is 34.2 Å². The zero-order valence-electron chi connectivity index (χ0n) is 33.9. The zero-order chi connectivity index (χ0) is 42.7. The predicted molar refractivity (Wildman–Crippen MR) is 228 cm³/mol. The molecule has 16 nitrogen and oxygen atoms in total. The fourth-order valence-corrected chi connectivity index (χ4v) is 8.50. The molecule has 5 aromatic rings. The van der Waals surface area contributed by atoms with Gasteiger partial charge in [-0.2, -0.15) is 5.10 Å². The lowest BCUT2D eigenvalue weighted by atomic mass is 10.0. The molecule has 9 rings (SSSR count). The highest BCUT2D eigenvalue weighted by molar-refractivity contribution is 6.05. The maximum absolute atomic E-state index is 13.5. The Bertz CT molecular complexity index is 2660. The van der Waals surface area contributed by atoms with Gasteiger partial charge < -0.3 is 25.2 Å². The molecule has 3 saturated heterocycles. The number of ether oxygens (including phenoxy) is 1. The van der Waals surface area contributed by atoms with Gasteiger partial charge >= 0.3 is 0 Å². The molecule has 4 aliphatic heterocycles. The van der Waals surface area contributed by atoms with Gasteiger partial charge in [0.15, 0.2) is 5.65 Å². The number of nitrogens with zero attached hydrogens (tertiary/aromatic N) is 8. The number of carbonyl (C=O) groups excluding carboxylic acids is 5. The Morgan fingerprint density at radius 3 is 2.40 bits per heavy atom. The van der Waals surface area contributed by atoms with Gasteiger partial charge in [0.25, 0.3) is 5.91 Å². The van der Waals surface area contributed by atoms with Gasteiger partial charge in [-0.1, -0.05) is 30.0 Å². The number of piperazine rings is 1. The molecule has 4 aliphatic rings. The largest absolute Gasteiger partial charge is 0.457 e. The van der Waals surface area contributed by atoms with Gasteiger partial charge in [0.1, 0.15) is 35.4 Å². The number of piperidine rings is 2. The number of nitrogens with two attached hydrogens (primary N) is 1. The molecule has 2 atom stereocenters. The van der Waals surface area contributed by atoms with Crippen LogP contribution < -0.4 is 15.8 Å². The number of aromatic nitrogens is 4. The summed E-state index contributed by atoms with van der Waals surface area (Å²) in [4.78, 5) is 79.6. The van der Waals surface area contributed by atoms with Crippen molar-refractivity contribution in [1.82, 2.24) is 44.7 Å². The van der Waals surface area contributed by atoms with Gasteiger partial charge in [0, 0.05) is 81.1 Å². The van der Waals surface area contributed by atoms with E-state index in [0.29, 0.717) is 92.6 Å². The number of para-hydroxylation sites is 1. The molecule has 62 heavy (non-hydrogen) atoms. The molecule has 6 heterocycles. The summed E-state index contributed by atoms with van der Waals surface area (Å²) in [5, 5.41) is 7.97. The van der Waals surface area contributed by atoms with Crippen molar-refractivity contribution in [2.45, 2.75) is 44.3 Å². The third-order valence-electron chi connectivity index (χ3n) is 11.8. The van der Waals surface area contributed by atoms with E-state index >= 15 is 0 Å². The van der Waals surface area contributed by atoms with Crippen molar-refractivity contribution >= 4 is 46.4 Å². The van der Waals surface area contributed by atoms with Crippen LogP contribution in [0.4, 0.5) is 5.82 Å². The number of hydrogen-bond acceptors (Lipinski definition) is 11. The van der Waals surface area contributed by atoms with E-state index in [4.69, 9.17) is 15.6 Å². The van der Waals surface area contributed by atoms with Crippen molar-refractivity contribution in [2.24, 2.45) is 0 Å². The molecule has 5 amide bonds. The summed E-state index contributed by atoms with van der Waals surface area (Å²) in [7, 11) is 0. The molecule has 314 valence electrons. The summed E-state index contributed by atoms with van der Waals surface area (Å²) in [5.41, 5.74) is 10.6. The van der Waals surface area contributed by atoms with E-state index in [2.05, 4.69) is 32.0 Å². The van der Waals surface area contributed by atoms with Crippen molar-refractivity contribution in [3.8, 4) is 34.6 Å². The maximum Gasteiger partial charge on any atom is 0.255 e. The molecule has 0 saturated carbocycles. The third-order valence-corrected chi connectivity index (χ3v) is 11.8. The van der Waals surface area contributed by atoms with E-state index < -0.39 is 11.9 Å². The van der Waals surface area contributed by atoms with E-state index in [-0.39, 0.29) is 36.1 Å². The molecule has 16 heteroatoms. The van der Waals surface area contributed by atoms with Crippen LogP contribution in [-0.4, -0.2) is 121 Å². The van der Waals surface area contributed by atoms with Gasteiger partial charge in [-0.15, -0.1) is 0 Å². The highest BCUT2D eigenvalue weighted by Crippen LogP contribution is 2.35. The lowest BCUT2D eigenvalue weighted by Gasteiger charge is -2.33. The average Bonchev–Trinajstić information content (AvgIpc) is 3.84.